The second kappa shape index (κ2) is 12.1. The Hall–Kier alpha value is -4.72. The van der Waals surface area contributed by atoms with Crippen LogP contribution in [0, 0.1) is 26.2 Å². The van der Waals surface area contributed by atoms with Gasteiger partial charge in [-0.05, 0) is 80.4 Å². The van der Waals surface area contributed by atoms with Crippen LogP contribution in [0.4, 0.5) is 11.4 Å². The lowest BCUT2D eigenvalue weighted by molar-refractivity contribution is 0.446. The molecule has 8 nitrogen and oxygen atoms in total. The van der Waals surface area contributed by atoms with Crippen LogP contribution in [-0.2, 0) is 20.0 Å². The highest BCUT2D eigenvalue weighted by atomic mass is 32.2. The first-order chi connectivity index (χ1) is 21.0. The van der Waals surface area contributed by atoms with E-state index in [9.17, 15) is 16.8 Å². The van der Waals surface area contributed by atoms with Gasteiger partial charge in [0.05, 0.1) is 45.1 Å². The van der Waals surface area contributed by atoms with E-state index >= 15 is 0 Å². The summed E-state index contributed by atoms with van der Waals surface area (Å²) in [6, 6.07) is 20.4. The number of pyridine rings is 2. The van der Waals surface area contributed by atoms with Crippen LogP contribution in [0.3, 0.4) is 0 Å². The van der Waals surface area contributed by atoms with Crippen LogP contribution < -0.4 is 8.61 Å². The van der Waals surface area contributed by atoms with E-state index in [-0.39, 0.29) is 23.4 Å². The maximum atomic E-state index is 13.1. The molecule has 1 saturated carbocycles. The van der Waals surface area contributed by atoms with E-state index in [0.717, 1.165) is 28.8 Å². The fraction of sp³-hybridized carbons (Fsp3) is 0.176. The minimum absolute atomic E-state index is 0.0806. The highest BCUT2D eigenvalue weighted by Gasteiger charge is 2.50. The van der Waals surface area contributed by atoms with E-state index in [1.807, 2.05) is 32.0 Å². The van der Waals surface area contributed by atoms with Crippen LogP contribution in [0.5, 0.6) is 0 Å². The SMILES string of the molecule is C#CCN(c1cccnc1C=C)S(=O)(=O)c1ccc(C)cc1.C=C1C2CC1N(S(=O)(=O)c1ccc(C)cc1)c1cccnc12. The van der Waals surface area contributed by atoms with E-state index in [1.165, 1.54) is 14.7 Å². The molecule has 2 aliphatic heterocycles. The quantitative estimate of drug-likeness (QED) is 0.188. The Morgan fingerprint density at radius 3 is 2.11 bits per heavy atom. The normalized spacial score (nSPS) is 16.8. The Morgan fingerprint density at radius 1 is 0.932 bits per heavy atom. The fourth-order valence-corrected chi connectivity index (χ4v) is 8.35. The first-order valence-corrected chi connectivity index (χ1v) is 16.7. The van der Waals surface area contributed by atoms with Crippen molar-refractivity contribution >= 4 is 37.5 Å². The van der Waals surface area contributed by atoms with Crippen molar-refractivity contribution in [2.45, 2.75) is 42.0 Å². The largest absolute Gasteiger partial charge is 0.265 e. The summed E-state index contributed by atoms with van der Waals surface area (Å²) < 4.78 is 54.6. The molecule has 2 aromatic carbocycles. The van der Waals surface area contributed by atoms with Gasteiger partial charge < -0.3 is 0 Å². The van der Waals surface area contributed by atoms with Crippen molar-refractivity contribution in [2.75, 3.05) is 15.2 Å². The number of anilines is 2. The number of aromatic nitrogens is 2. The predicted molar refractivity (Wildman–Crippen MR) is 174 cm³/mol. The average molecular weight is 625 g/mol. The number of aryl methyl sites for hydroxylation is 2. The molecular formula is C34H32N4O4S2. The second-order valence-electron chi connectivity index (χ2n) is 10.5. The summed E-state index contributed by atoms with van der Waals surface area (Å²) in [5, 5.41) is 0. The Balaban J connectivity index is 0.000000175. The summed E-state index contributed by atoms with van der Waals surface area (Å²) in [7, 11) is -7.37. The van der Waals surface area contributed by atoms with Gasteiger partial charge in [-0.15, -0.1) is 6.42 Å². The first kappa shape index (κ1) is 30.7. The molecule has 7 rings (SSSR count). The highest BCUT2D eigenvalue weighted by Crippen LogP contribution is 2.54. The smallest absolute Gasteiger partial charge is 0.258 e. The van der Waals surface area contributed by atoms with Crippen molar-refractivity contribution in [1.29, 1.82) is 0 Å². The molecule has 4 heterocycles. The lowest BCUT2D eigenvalue weighted by atomic mass is 9.70. The van der Waals surface area contributed by atoms with Crippen molar-refractivity contribution < 1.29 is 16.8 Å². The maximum Gasteiger partial charge on any atom is 0.265 e. The van der Waals surface area contributed by atoms with Gasteiger partial charge in [0.1, 0.15) is 0 Å². The lowest BCUT2D eigenvalue weighted by Crippen LogP contribution is -2.53. The van der Waals surface area contributed by atoms with Crippen LogP contribution in [0.2, 0.25) is 0 Å². The average Bonchev–Trinajstić information content (AvgIpc) is 3.03. The first-order valence-electron chi connectivity index (χ1n) is 13.9. The highest BCUT2D eigenvalue weighted by molar-refractivity contribution is 7.93. The molecule has 0 radical (unpaired) electrons. The monoisotopic (exact) mass is 624 g/mol. The molecule has 2 aromatic heterocycles. The van der Waals surface area contributed by atoms with Crippen molar-refractivity contribution in [3.63, 3.8) is 0 Å². The molecule has 2 atom stereocenters. The molecule has 0 amide bonds. The summed E-state index contributed by atoms with van der Waals surface area (Å²) >= 11 is 0. The van der Waals surface area contributed by atoms with Gasteiger partial charge in [-0.1, -0.05) is 54.5 Å². The Morgan fingerprint density at radius 2 is 1.52 bits per heavy atom. The topological polar surface area (TPSA) is 101 Å². The molecule has 224 valence electrons. The van der Waals surface area contributed by atoms with Gasteiger partial charge in [-0.3, -0.25) is 18.6 Å². The summed E-state index contributed by atoms with van der Waals surface area (Å²) in [4.78, 5) is 9.02. The van der Waals surface area contributed by atoms with Crippen molar-refractivity contribution in [3.05, 3.63) is 126 Å². The summed E-state index contributed by atoms with van der Waals surface area (Å²) in [5.41, 5.74) is 5.36. The molecule has 4 aromatic rings. The van der Waals surface area contributed by atoms with Gasteiger partial charge in [-0.25, -0.2) is 16.8 Å². The molecule has 0 spiro atoms. The second-order valence-corrected chi connectivity index (χ2v) is 14.2. The zero-order chi connectivity index (χ0) is 31.6. The third-order valence-electron chi connectivity index (χ3n) is 7.70. The van der Waals surface area contributed by atoms with E-state index in [1.54, 1.807) is 67.0 Å². The predicted octanol–water partition coefficient (Wildman–Crippen LogP) is 5.87. The minimum atomic E-state index is -3.76. The molecule has 3 aliphatic rings. The molecule has 1 aliphatic carbocycles. The number of hydrogen-bond donors (Lipinski definition) is 0. The van der Waals surface area contributed by atoms with Crippen molar-refractivity contribution in [1.82, 2.24) is 9.97 Å². The van der Waals surface area contributed by atoms with Gasteiger partial charge in [0.15, 0.2) is 0 Å². The van der Waals surface area contributed by atoms with Crippen LogP contribution in [0.25, 0.3) is 6.08 Å². The van der Waals surface area contributed by atoms with E-state index < -0.39 is 20.0 Å². The number of sulfonamides is 2. The van der Waals surface area contributed by atoms with Crippen molar-refractivity contribution in [2.24, 2.45) is 0 Å². The molecule has 44 heavy (non-hydrogen) atoms. The molecule has 2 unspecified atom stereocenters. The van der Waals surface area contributed by atoms with Crippen molar-refractivity contribution in [3.8, 4) is 12.3 Å². The van der Waals surface area contributed by atoms with E-state index in [4.69, 9.17) is 6.42 Å². The zero-order valence-electron chi connectivity index (χ0n) is 24.5. The zero-order valence-corrected chi connectivity index (χ0v) is 26.1. The maximum absolute atomic E-state index is 13.1. The van der Waals surface area contributed by atoms with Crippen LogP contribution in [0.15, 0.2) is 114 Å². The lowest BCUT2D eigenvalue weighted by Gasteiger charge is -2.50. The molecule has 1 fully saturated rings. The van der Waals surface area contributed by atoms with E-state index in [2.05, 4.69) is 29.0 Å². The Kier molecular flexibility index (Phi) is 8.46. The summed E-state index contributed by atoms with van der Waals surface area (Å²) in [5.74, 6) is 2.59. The molecule has 2 bridgehead atoms. The standard InChI is InChI=1S/2C17H16N2O2S/c1-11-5-7-13(8-6-11)22(20,21)19-15-4-3-9-18-17(15)14-10-16(19)12(14)2;1-4-13-19(17-7-6-12-18-16(17)5-2)22(20,21)15-10-8-14(3)9-11-15/h3-9,14,16H,2,10H2,1H3;1,5-12H,2,13H2,3H3. The number of benzene rings is 2. The van der Waals surface area contributed by atoms with Crippen LogP contribution in [-0.4, -0.2) is 39.4 Å². The Labute approximate surface area is 259 Å². The number of rotatable bonds is 7. The summed E-state index contributed by atoms with van der Waals surface area (Å²) in [6.07, 6.45) is 10.9. The number of nitrogens with zero attached hydrogens (tertiary/aromatic N) is 4. The third-order valence-corrected chi connectivity index (χ3v) is 11.3. The van der Waals surface area contributed by atoms with Gasteiger partial charge in [0.25, 0.3) is 20.0 Å². The van der Waals surface area contributed by atoms with Crippen LogP contribution >= 0.6 is 0 Å². The fourth-order valence-electron chi connectivity index (χ4n) is 5.28. The summed E-state index contributed by atoms with van der Waals surface area (Å²) in [6.45, 7) is 11.5. The minimum Gasteiger partial charge on any atom is -0.258 e. The molecule has 10 heteroatoms. The Bertz CT molecular complexity index is 1980. The molecule has 0 saturated heterocycles. The van der Waals surface area contributed by atoms with Crippen LogP contribution in [0.1, 0.15) is 34.9 Å². The van der Waals surface area contributed by atoms with Gasteiger partial charge in [0.2, 0.25) is 0 Å². The third kappa shape index (κ3) is 5.52. The number of terminal acetylenes is 1. The molecule has 0 N–H and O–H groups in total. The number of hydrogen-bond acceptors (Lipinski definition) is 6. The molecular weight excluding hydrogens is 593 g/mol. The van der Waals surface area contributed by atoms with Gasteiger partial charge in [-0.2, -0.15) is 0 Å². The van der Waals surface area contributed by atoms with Gasteiger partial charge in [0, 0.05) is 18.3 Å². The van der Waals surface area contributed by atoms with E-state index in [0.29, 0.717) is 22.0 Å². The van der Waals surface area contributed by atoms with Gasteiger partial charge >= 0.3 is 0 Å².